The molecule has 2 aliphatic carbocycles. The second-order valence-electron chi connectivity index (χ2n) is 10.3. The normalized spacial score (nSPS) is 29.5. The highest BCUT2D eigenvalue weighted by Crippen LogP contribution is 2.63. The molecule has 6 heteroatoms. The van der Waals surface area contributed by atoms with E-state index >= 15 is 0 Å². The fourth-order valence-corrected chi connectivity index (χ4v) is 7.33. The molecule has 0 spiro atoms. The lowest BCUT2D eigenvalue weighted by Gasteiger charge is -2.66. The van der Waals surface area contributed by atoms with Crippen molar-refractivity contribution in [2.24, 2.45) is 5.92 Å². The Morgan fingerprint density at radius 1 is 1.06 bits per heavy atom. The number of nitrogens with zero attached hydrogens (tertiary/aromatic N) is 1. The predicted octanol–water partition coefficient (Wildman–Crippen LogP) is 5.01. The SMILES string of the molecule is COc1ccc2c(c1OC)[C@]13CCN(C)[C@H](C2)[C@]1(OCCCc1ccccc1)CCC(=O)[C@H]3C.Cl. The molecular weight excluding hydrogens is 462 g/mol. The summed E-state index contributed by atoms with van der Waals surface area (Å²) in [7, 11) is 5.62. The van der Waals surface area contributed by atoms with Gasteiger partial charge in [-0.15, -0.1) is 12.4 Å². The Morgan fingerprint density at radius 3 is 2.54 bits per heavy atom. The van der Waals surface area contributed by atoms with Crippen LogP contribution in [0.2, 0.25) is 0 Å². The van der Waals surface area contributed by atoms with E-state index < -0.39 is 11.0 Å². The van der Waals surface area contributed by atoms with Gasteiger partial charge in [0.25, 0.3) is 0 Å². The number of hydrogen-bond donors (Lipinski definition) is 0. The number of fused-ring (bicyclic) bond motifs is 1. The molecule has 1 aliphatic heterocycles. The molecule has 0 N–H and O–H groups in total. The van der Waals surface area contributed by atoms with Gasteiger partial charge in [0.05, 0.1) is 19.8 Å². The molecule has 2 aromatic rings. The van der Waals surface area contributed by atoms with Gasteiger partial charge >= 0.3 is 0 Å². The van der Waals surface area contributed by atoms with E-state index in [0.29, 0.717) is 18.8 Å². The number of hydrogen-bond acceptors (Lipinski definition) is 5. The van der Waals surface area contributed by atoms with E-state index in [9.17, 15) is 4.79 Å². The van der Waals surface area contributed by atoms with Gasteiger partial charge in [-0.05, 0) is 62.9 Å². The van der Waals surface area contributed by atoms with E-state index in [0.717, 1.165) is 55.7 Å². The maximum atomic E-state index is 13.3. The highest BCUT2D eigenvalue weighted by Gasteiger charge is 2.69. The third-order valence-corrected chi connectivity index (χ3v) is 8.95. The number of carbonyl (C=O) groups is 1. The van der Waals surface area contributed by atoms with Crippen LogP contribution < -0.4 is 9.47 Å². The third kappa shape index (κ3) is 3.87. The molecule has 2 bridgehead atoms. The van der Waals surface area contributed by atoms with Gasteiger partial charge in [-0.3, -0.25) is 4.79 Å². The number of Topliss-reactive ketones (excluding diaryl/α,β-unsaturated/α-hetero) is 1. The summed E-state index contributed by atoms with van der Waals surface area (Å²) in [5.41, 5.74) is 2.92. The zero-order valence-corrected chi connectivity index (χ0v) is 22.2. The van der Waals surface area contributed by atoms with Crippen LogP contribution in [0.5, 0.6) is 11.5 Å². The van der Waals surface area contributed by atoms with Crippen molar-refractivity contribution in [1.29, 1.82) is 0 Å². The number of piperidine rings is 1. The number of ether oxygens (including phenoxy) is 3. The lowest BCUT2D eigenvalue weighted by atomic mass is 9.45. The molecule has 5 nitrogen and oxygen atoms in total. The summed E-state index contributed by atoms with van der Waals surface area (Å²) < 4.78 is 18.8. The number of likely N-dealkylation sites (tertiary alicyclic amines) is 1. The monoisotopic (exact) mass is 499 g/mol. The molecule has 0 aromatic heterocycles. The van der Waals surface area contributed by atoms with E-state index in [1.165, 1.54) is 11.1 Å². The molecule has 1 saturated carbocycles. The Morgan fingerprint density at radius 2 is 1.83 bits per heavy atom. The van der Waals surface area contributed by atoms with Crippen LogP contribution in [0.3, 0.4) is 0 Å². The molecule has 4 atom stereocenters. The number of halogens is 1. The van der Waals surface area contributed by atoms with Crippen molar-refractivity contribution in [3.63, 3.8) is 0 Å². The van der Waals surface area contributed by atoms with Gasteiger partial charge in [0.2, 0.25) is 0 Å². The molecule has 2 aromatic carbocycles. The smallest absolute Gasteiger partial charge is 0.164 e. The second kappa shape index (κ2) is 10.1. The van der Waals surface area contributed by atoms with Crippen molar-refractivity contribution in [3.8, 4) is 11.5 Å². The minimum absolute atomic E-state index is 0. The van der Waals surface area contributed by atoms with Crippen LogP contribution in [0.1, 0.15) is 49.3 Å². The van der Waals surface area contributed by atoms with E-state index in [2.05, 4.69) is 55.3 Å². The van der Waals surface area contributed by atoms with Crippen molar-refractivity contribution in [2.75, 3.05) is 34.4 Å². The van der Waals surface area contributed by atoms with Crippen molar-refractivity contribution < 1.29 is 19.0 Å². The summed E-state index contributed by atoms with van der Waals surface area (Å²) >= 11 is 0. The van der Waals surface area contributed by atoms with Crippen LogP contribution in [0.25, 0.3) is 0 Å². The molecule has 0 unspecified atom stereocenters. The summed E-state index contributed by atoms with van der Waals surface area (Å²) in [6, 6.07) is 15.0. The number of benzene rings is 2. The topological polar surface area (TPSA) is 48.0 Å². The summed E-state index contributed by atoms with van der Waals surface area (Å²) in [4.78, 5) is 15.8. The van der Waals surface area contributed by atoms with Crippen molar-refractivity contribution in [3.05, 3.63) is 59.2 Å². The third-order valence-electron chi connectivity index (χ3n) is 8.95. The first-order valence-corrected chi connectivity index (χ1v) is 12.6. The van der Waals surface area contributed by atoms with E-state index in [4.69, 9.17) is 14.2 Å². The van der Waals surface area contributed by atoms with Gasteiger partial charge in [0.15, 0.2) is 11.5 Å². The van der Waals surface area contributed by atoms with Crippen molar-refractivity contribution in [2.45, 2.75) is 62.5 Å². The molecule has 5 rings (SSSR count). The number of rotatable bonds is 7. The zero-order valence-electron chi connectivity index (χ0n) is 21.3. The Labute approximate surface area is 215 Å². The minimum Gasteiger partial charge on any atom is -0.493 e. The van der Waals surface area contributed by atoms with E-state index in [-0.39, 0.29) is 24.4 Å². The zero-order chi connectivity index (χ0) is 23.9. The standard InChI is InChI=1S/C29H37NO4.ClH/c1-20-23(31)14-15-29(34-18-8-11-21-9-6-5-7-10-21)25-19-22-12-13-24(32-3)27(33-4)26(22)28(20,29)16-17-30(25)2;/h5-7,9-10,12-13,20,25H,8,11,14-19H2,1-4H3;1H/t20-,25-,28-,29-;/m1./s1. The molecule has 1 saturated heterocycles. The number of methoxy groups -OCH3 is 2. The molecule has 0 amide bonds. The Balaban J connectivity index is 0.00000289. The van der Waals surface area contributed by atoms with Gasteiger partial charge in [-0.2, -0.15) is 0 Å². The first kappa shape index (κ1) is 26.0. The fraction of sp³-hybridized carbons (Fsp3) is 0.552. The lowest BCUT2D eigenvalue weighted by Crippen LogP contribution is -2.76. The minimum atomic E-state index is -0.420. The Hall–Kier alpha value is -2.08. The molecule has 1 heterocycles. The molecule has 35 heavy (non-hydrogen) atoms. The lowest BCUT2D eigenvalue weighted by molar-refractivity contribution is -0.209. The summed E-state index contributed by atoms with van der Waals surface area (Å²) in [5.74, 6) is 1.72. The van der Waals surface area contributed by atoms with Crippen LogP contribution in [0, 0.1) is 5.92 Å². The highest BCUT2D eigenvalue weighted by molar-refractivity contribution is 5.86. The van der Waals surface area contributed by atoms with Crippen molar-refractivity contribution in [1.82, 2.24) is 4.90 Å². The quantitative estimate of drug-likeness (QED) is 0.501. The molecular formula is C29H38ClNO4. The van der Waals surface area contributed by atoms with Gasteiger partial charge in [0, 0.05) is 36.0 Å². The van der Waals surface area contributed by atoms with E-state index in [1.54, 1.807) is 14.2 Å². The number of likely N-dealkylation sites (N-methyl/N-ethyl adjacent to an activating group) is 1. The largest absolute Gasteiger partial charge is 0.493 e. The first-order valence-electron chi connectivity index (χ1n) is 12.6. The van der Waals surface area contributed by atoms with E-state index in [1.807, 2.05) is 6.07 Å². The van der Waals surface area contributed by atoms with Crippen LogP contribution in [-0.2, 0) is 27.8 Å². The number of carbonyl (C=O) groups excluding carboxylic acids is 1. The van der Waals surface area contributed by atoms with Crippen LogP contribution in [0.15, 0.2) is 42.5 Å². The Kier molecular flexibility index (Phi) is 7.51. The van der Waals surface area contributed by atoms with Crippen LogP contribution in [-0.4, -0.2) is 56.7 Å². The summed E-state index contributed by atoms with van der Waals surface area (Å²) in [5, 5.41) is 0. The molecule has 3 aliphatic rings. The maximum Gasteiger partial charge on any atom is 0.164 e. The molecule has 2 fully saturated rings. The molecule has 0 radical (unpaired) electrons. The number of aryl methyl sites for hydroxylation is 1. The van der Waals surface area contributed by atoms with Crippen LogP contribution in [0.4, 0.5) is 0 Å². The average molecular weight is 500 g/mol. The van der Waals surface area contributed by atoms with Gasteiger partial charge < -0.3 is 19.1 Å². The highest BCUT2D eigenvalue weighted by atomic mass is 35.5. The van der Waals surface area contributed by atoms with Gasteiger partial charge in [-0.25, -0.2) is 0 Å². The first-order chi connectivity index (χ1) is 16.5. The average Bonchev–Trinajstić information content (AvgIpc) is 2.86. The summed E-state index contributed by atoms with van der Waals surface area (Å²) in [6.07, 6.45) is 5.06. The van der Waals surface area contributed by atoms with Gasteiger partial charge in [0.1, 0.15) is 5.78 Å². The fourth-order valence-electron chi connectivity index (χ4n) is 7.33. The number of ketones is 1. The predicted molar refractivity (Wildman–Crippen MR) is 140 cm³/mol. The van der Waals surface area contributed by atoms with Crippen molar-refractivity contribution >= 4 is 18.2 Å². The second-order valence-corrected chi connectivity index (χ2v) is 10.3. The maximum absolute atomic E-state index is 13.3. The summed E-state index contributed by atoms with van der Waals surface area (Å²) in [6.45, 7) is 3.75. The van der Waals surface area contributed by atoms with Crippen LogP contribution >= 0.6 is 12.4 Å². The Bertz CT molecular complexity index is 1060. The van der Waals surface area contributed by atoms with Gasteiger partial charge in [-0.1, -0.05) is 43.3 Å². The molecule has 190 valence electrons.